The highest BCUT2D eigenvalue weighted by atomic mass is 79.9. The molecule has 0 amide bonds. The number of aromatic nitrogens is 2. The minimum Gasteiger partial charge on any atom is -0.236 e. The van der Waals surface area contributed by atoms with Gasteiger partial charge >= 0.3 is 0 Å². The summed E-state index contributed by atoms with van der Waals surface area (Å²) < 4.78 is 0. The molecule has 0 saturated heterocycles. The lowest BCUT2D eigenvalue weighted by atomic mass is 9.77. The molecular weight excluding hydrogens is 332 g/mol. The van der Waals surface area contributed by atoms with Gasteiger partial charge in [-0.15, -0.1) is 11.8 Å². The Hall–Kier alpha value is -0.610. The van der Waals surface area contributed by atoms with Crippen molar-refractivity contribution in [2.75, 3.05) is 11.1 Å². The lowest BCUT2D eigenvalue weighted by molar-refractivity contribution is 0.260. The fourth-order valence-electron chi connectivity index (χ4n) is 2.93. The molecule has 1 saturated carbocycles. The molecule has 1 fully saturated rings. The van der Waals surface area contributed by atoms with Gasteiger partial charge < -0.3 is 0 Å². The number of hydrogen-bond donors (Lipinski definition) is 0. The molecule has 0 unspecified atom stereocenters. The van der Waals surface area contributed by atoms with Gasteiger partial charge in [0.2, 0.25) is 0 Å². The van der Waals surface area contributed by atoms with Crippen molar-refractivity contribution in [3.63, 3.8) is 0 Å². The average molecular weight is 351 g/mol. The van der Waals surface area contributed by atoms with Gasteiger partial charge in [0, 0.05) is 16.5 Å². The van der Waals surface area contributed by atoms with Gasteiger partial charge in [0.15, 0.2) is 0 Å². The number of benzene rings is 1. The van der Waals surface area contributed by atoms with Crippen LogP contribution in [0.25, 0.3) is 10.9 Å². The van der Waals surface area contributed by atoms with E-state index in [-0.39, 0.29) is 0 Å². The Kier molecular flexibility index (Phi) is 4.61. The van der Waals surface area contributed by atoms with E-state index < -0.39 is 0 Å². The number of nitrogens with zero attached hydrogens (tertiary/aromatic N) is 2. The third-order valence-corrected chi connectivity index (χ3v) is 6.76. The molecule has 0 radical (unpaired) electrons. The summed E-state index contributed by atoms with van der Waals surface area (Å²) >= 11 is 5.64. The summed E-state index contributed by atoms with van der Waals surface area (Å²) in [5.41, 5.74) is 1.50. The molecule has 1 aromatic carbocycles. The number of hydrogen-bond acceptors (Lipinski definition) is 3. The van der Waals surface area contributed by atoms with Gasteiger partial charge in [-0.05, 0) is 24.3 Å². The minimum absolute atomic E-state index is 0.453. The Balaban J connectivity index is 1.79. The summed E-state index contributed by atoms with van der Waals surface area (Å²) in [5, 5.41) is 3.41. The van der Waals surface area contributed by atoms with Gasteiger partial charge in [0.1, 0.15) is 11.4 Å². The molecule has 1 aliphatic rings. The van der Waals surface area contributed by atoms with Crippen molar-refractivity contribution in [1.29, 1.82) is 0 Å². The van der Waals surface area contributed by atoms with Crippen molar-refractivity contribution < 1.29 is 0 Å². The van der Waals surface area contributed by atoms with Crippen LogP contribution < -0.4 is 0 Å². The maximum Gasteiger partial charge on any atom is 0.117 e. The normalized spacial score (nSPS) is 18.2. The van der Waals surface area contributed by atoms with E-state index in [1.54, 1.807) is 6.33 Å². The van der Waals surface area contributed by atoms with Crippen LogP contribution in [0.2, 0.25) is 0 Å². The first kappa shape index (κ1) is 14.3. The zero-order chi connectivity index (χ0) is 13.8. The largest absolute Gasteiger partial charge is 0.236 e. The minimum atomic E-state index is 0.453. The molecule has 4 heteroatoms. The number of alkyl halides is 1. The van der Waals surface area contributed by atoms with Gasteiger partial charge in [-0.2, -0.15) is 0 Å². The second kappa shape index (κ2) is 6.44. The summed E-state index contributed by atoms with van der Waals surface area (Å²) in [4.78, 5) is 8.83. The third kappa shape index (κ3) is 3.01. The Morgan fingerprint density at radius 2 is 1.90 bits per heavy atom. The molecule has 20 heavy (non-hydrogen) atoms. The number of rotatable bonds is 4. The molecule has 2 nitrogen and oxygen atoms in total. The Morgan fingerprint density at radius 1 is 1.10 bits per heavy atom. The van der Waals surface area contributed by atoms with Gasteiger partial charge in [0.25, 0.3) is 0 Å². The quantitative estimate of drug-likeness (QED) is 0.437. The summed E-state index contributed by atoms with van der Waals surface area (Å²) in [6, 6.07) is 8.28. The van der Waals surface area contributed by atoms with Crippen LogP contribution in [-0.2, 0) is 0 Å². The van der Waals surface area contributed by atoms with E-state index in [1.165, 1.54) is 37.5 Å². The van der Waals surface area contributed by atoms with Crippen molar-refractivity contribution >= 4 is 38.6 Å². The first-order chi connectivity index (χ1) is 9.83. The van der Waals surface area contributed by atoms with E-state index >= 15 is 0 Å². The van der Waals surface area contributed by atoms with E-state index in [9.17, 15) is 0 Å². The molecule has 0 atom stereocenters. The smallest absolute Gasteiger partial charge is 0.117 e. The number of halogens is 1. The topological polar surface area (TPSA) is 25.8 Å². The Labute approximate surface area is 132 Å². The standard InChI is InChI=1S/C16H19BrN2S/c17-10-16(8-4-1-5-9-16)11-20-15-13-6-2-3-7-14(13)18-12-19-15/h2-3,6-7,12H,1,4-5,8-11H2. The highest BCUT2D eigenvalue weighted by Crippen LogP contribution is 2.42. The molecule has 0 aliphatic heterocycles. The zero-order valence-corrected chi connectivity index (χ0v) is 13.9. The van der Waals surface area contributed by atoms with Gasteiger partial charge in [-0.3, -0.25) is 0 Å². The summed E-state index contributed by atoms with van der Waals surface area (Å²) in [6.07, 6.45) is 8.51. The molecule has 1 aliphatic carbocycles. The maximum atomic E-state index is 4.49. The van der Waals surface area contributed by atoms with Crippen molar-refractivity contribution in [1.82, 2.24) is 9.97 Å². The van der Waals surface area contributed by atoms with Crippen LogP contribution in [-0.4, -0.2) is 21.1 Å². The van der Waals surface area contributed by atoms with Crippen molar-refractivity contribution in [3.8, 4) is 0 Å². The second-order valence-electron chi connectivity index (χ2n) is 5.68. The van der Waals surface area contributed by atoms with Gasteiger partial charge in [-0.1, -0.05) is 53.4 Å². The summed E-state index contributed by atoms with van der Waals surface area (Å²) in [5.74, 6) is 1.15. The van der Waals surface area contributed by atoms with Crippen LogP contribution in [0.3, 0.4) is 0 Å². The van der Waals surface area contributed by atoms with E-state index in [1.807, 2.05) is 17.8 Å². The molecule has 0 spiro atoms. The first-order valence-corrected chi connectivity index (χ1v) is 9.32. The fourth-order valence-corrected chi connectivity index (χ4v) is 5.24. The molecule has 1 heterocycles. The van der Waals surface area contributed by atoms with Crippen molar-refractivity contribution in [3.05, 3.63) is 30.6 Å². The SMILES string of the molecule is BrCC1(CSc2ncnc3ccccc23)CCCCC1. The molecule has 2 aromatic rings. The summed E-state index contributed by atoms with van der Waals surface area (Å²) in [6.45, 7) is 0. The van der Waals surface area contributed by atoms with Gasteiger partial charge in [-0.25, -0.2) is 9.97 Å². The molecule has 0 N–H and O–H groups in total. The average Bonchev–Trinajstić information content (AvgIpc) is 2.54. The molecule has 1 aromatic heterocycles. The molecule has 0 bridgehead atoms. The first-order valence-electron chi connectivity index (χ1n) is 7.22. The lowest BCUT2D eigenvalue weighted by Gasteiger charge is -2.35. The van der Waals surface area contributed by atoms with Crippen LogP contribution in [0.15, 0.2) is 35.6 Å². The molecule has 106 valence electrons. The van der Waals surface area contributed by atoms with Crippen molar-refractivity contribution in [2.24, 2.45) is 5.41 Å². The van der Waals surface area contributed by atoms with Crippen molar-refractivity contribution in [2.45, 2.75) is 37.1 Å². The van der Waals surface area contributed by atoms with Crippen LogP contribution in [0.4, 0.5) is 0 Å². The monoisotopic (exact) mass is 350 g/mol. The number of thioether (sulfide) groups is 1. The third-order valence-electron chi connectivity index (χ3n) is 4.22. The second-order valence-corrected chi connectivity index (χ2v) is 7.20. The lowest BCUT2D eigenvalue weighted by Crippen LogP contribution is -2.28. The molecule has 3 rings (SSSR count). The van der Waals surface area contributed by atoms with Crippen LogP contribution in [0.5, 0.6) is 0 Å². The van der Waals surface area contributed by atoms with Crippen LogP contribution in [0, 0.1) is 5.41 Å². The van der Waals surface area contributed by atoms with Crippen LogP contribution >= 0.6 is 27.7 Å². The van der Waals surface area contributed by atoms with Gasteiger partial charge in [0.05, 0.1) is 5.52 Å². The Bertz CT molecular complexity index is 576. The highest BCUT2D eigenvalue weighted by Gasteiger charge is 2.31. The predicted molar refractivity (Wildman–Crippen MR) is 89.6 cm³/mol. The number of para-hydroxylation sites is 1. The summed E-state index contributed by atoms with van der Waals surface area (Å²) in [7, 11) is 0. The van der Waals surface area contributed by atoms with E-state index in [2.05, 4.69) is 44.1 Å². The van der Waals surface area contributed by atoms with E-state index in [4.69, 9.17) is 0 Å². The molecular formula is C16H19BrN2S. The highest BCUT2D eigenvalue weighted by molar-refractivity contribution is 9.09. The maximum absolute atomic E-state index is 4.49. The van der Waals surface area contributed by atoms with Crippen LogP contribution in [0.1, 0.15) is 32.1 Å². The Morgan fingerprint density at radius 3 is 2.70 bits per heavy atom. The van der Waals surface area contributed by atoms with E-state index in [0.29, 0.717) is 5.41 Å². The zero-order valence-electron chi connectivity index (χ0n) is 11.5. The predicted octanol–water partition coefficient (Wildman–Crippen LogP) is 5.07. The van der Waals surface area contributed by atoms with E-state index in [0.717, 1.165) is 21.6 Å². The fraction of sp³-hybridized carbons (Fsp3) is 0.500. The number of fused-ring (bicyclic) bond motifs is 1.